The molecule has 0 bridgehead atoms. The number of amides is 3. The van der Waals surface area contributed by atoms with E-state index in [2.05, 4.69) is 4.98 Å². The number of nitrogens with zero attached hydrogens (tertiary/aromatic N) is 2. The molecule has 2 aromatic carbocycles. The van der Waals surface area contributed by atoms with E-state index in [1.807, 2.05) is 38.1 Å². The molecule has 0 radical (unpaired) electrons. The van der Waals surface area contributed by atoms with Gasteiger partial charge in [-0.1, -0.05) is 12.1 Å². The SMILES string of the molecule is CCOc1ccccc1N1C(=O)N2CCc3c([nH]c4ccc(OC)cc34)[C@@]2(C)C1=O. The second kappa shape index (κ2) is 6.52. The molecule has 3 amide bonds. The summed E-state index contributed by atoms with van der Waals surface area (Å²) in [7, 11) is 1.64. The highest BCUT2D eigenvalue weighted by atomic mass is 16.5. The fraction of sp³-hybridized carbons (Fsp3) is 0.304. The van der Waals surface area contributed by atoms with Gasteiger partial charge in [0.1, 0.15) is 11.5 Å². The van der Waals surface area contributed by atoms with Crippen LogP contribution in [0.2, 0.25) is 0 Å². The van der Waals surface area contributed by atoms with Crippen LogP contribution in [-0.2, 0) is 16.8 Å². The van der Waals surface area contributed by atoms with Gasteiger partial charge in [0, 0.05) is 17.4 Å². The minimum atomic E-state index is -1.10. The van der Waals surface area contributed by atoms with Crippen molar-refractivity contribution in [1.82, 2.24) is 9.88 Å². The molecule has 154 valence electrons. The van der Waals surface area contributed by atoms with Gasteiger partial charge in [-0.3, -0.25) is 4.79 Å². The molecule has 0 saturated carbocycles. The molecule has 0 aliphatic carbocycles. The van der Waals surface area contributed by atoms with Crippen LogP contribution in [0.25, 0.3) is 10.9 Å². The van der Waals surface area contributed by atoms with Crippen molar-refractivity contribution in [3.05, 3.63) is 53.7 Å². The van der Waals surface area contributed by atoms with Gasteiger partial charge in [0.05, 0.1) is 25.1 Å². The molecule has 2 aliphatic rings. The topological polar surface area (TPSA) is 74.9 Å². The zero-order chi connectivity index (χ0) is 21.0. The van der Waals surface area contributed by atoms with Gasteiger partial charge in [-0.2, -0.15) is 0 Å². The third kappa shape index (κ3) is 2.32. The van der Waals surface area contributed by atoms with Gasteiger partial charge >= 0.3 is 6.03 Å². The van der Waals surface area contributed by atoms with E-state index in [4.69, 9.17) is 9.47 Å². The van der Waals surface area contributed by atoms with Crippen LogP contribution >= 0.6 is 0 Å². The molecule has 5 rings (SSSR count). The van der Waals surface area contributed by atoms with Gasteiger partial charge in [0.2, 0.25) is 0 Å². The molecule has 0 unspecified atom stereocenters. The van der Waals surface area contributed by atoms with Crippen molar-refractivity contribution in [2.45, 2.75) is 25.8 Å². The Labute approximate surface area is 174 Å². The van der Waals surface area contributed by atoms with E-state index >= 15 is 0 Å². The highest BCUT2D eigenvalue weighted by Gasteiger charge is 2.59. The summed E-state index contributed by atoms with van der Waals surface area (Å²) in [6.45, 7) is 4.61. The monoisotopic (exact) mass is 405 g/mol. The molecule has 30 heavy (non-hydrogen) atoms. The minimum absolute atomic E-state index is 0.279. The Morgan fingerprint density at radius 3 is 2.73 bits per heavy atom. The molecule has 7 heteroatoms. The van der Waals surface area contributed by atoms with Crippen LogP contribution in [0.5, 0.6) is 11.5 Å². The Balaban J connectivity index is 1.66. The van der Waals surface area contributed by atoms with E-state index in [0.717, 1.165) is 27.9 Å². The fourth-order valence-electron chi connectivity index (χ4n) is 4.68. The van der Waals surface area contributed by atoms with Crippen molar-refractivity contribution in [2.75, 3.05) is 25.2 Å². The van der Waals surface area contributed by atoms with E-state index in [9.17, 15) is 9.59 Å². The number of fused-ring (bicyclic) bond motifs is 5. The first-order valence-corrected chi connectivity index (χ1v) is 10.1. The predicted octanol–water partition coefficient (Wildman–Crippen LogP) is 3.82. The second-order valence-corrected chi connectivity index (χ2v) is 7.69. The number of imide groups is 1. The zero-order valence-electron chi connectivity index (χ0n) is 17.2. The van der Waals surface area contributed by atoms with Gasteiger partial charge in [0.15, 0.2) is 5.54 Å². The van der Waals surface area contributed by atoms with E-state index in [1.165, 1.54) is 4.90 Å². The lowest BCUT2D eigenvalue weighted by Gasteiger charge is -2.35. The van der Waals surface area contributed by atoms with E-state index < -0.39 is 5.54 Å². The van der Waals surface area contributed by atoms with Crippen LogP contribution in [-0.4, -0.2) is 42.1 Å². The quantitative estimate of drug-likeness (QED) is 0.670. The van der Waals surface area contributed by atoms with E-state index in [1.54, 1.807) is 30.2 Å². The van der Waals surface area contributed by atoms with Crippen LogP contribution < -0.4 is 14.4 Å². The second-order valence-electron chi connectivity index (χ2n) is 7.69. The summed E-state index contributed by atoms with van der Waals surface area (Å²) >= 11 is 0. The normalized spacial score (nSPS) is 20.5. The maximum atomic E-state index is 13.8. The first kappa shape index (κ1) is 18.5. The lowest BCUT2D eigenvalue weighted by atomic mass is 9.87. The maximum Gasteiger partial charge on any atom is 0.332 e. The summed E-state index contributed by atoms with van der Waals surface area (Å²) < 4.78 is 11.1. The Kier molecular flexibility index (Phi) is 4.03. The smallest absolute Gasteiger partial charge is 0.332 e. The molecule has 3 heterocycles. The Morgan fingerprint density at radius 2 is 1.97 bits per heavy atom. The molecule has 1 saturated heterocycles. The number of rotatable bonds is 4. The number of urea groups is 1. The third-order valence-corrected chi connectivity index (χ3v) is 6.17. The molecule has 1 N–H and O–H groups in total. The number of para-hydroxylation sites is 2. The average molecular weight is 405 g/mol. The molecule has 1 aromatic heterocycles. The van der Waals surface area contributed by atoms with Crippen LogP contribution in [0.3, 0.4) is 0 Å². The number of aromatic nitrogens is 1. The van der Waals surface area contributed by atoms with Crippen molar-refractivity contribution in [2.24, 2.45) is 0 Å². The van der Waals surface area contributed by atoms with Crippen molar-refractivity contribution in [3.63, 3.8) is 0 Å². The predicted molar refractivity (Wildman–Crippen MR) is 113 cm³/mol. The van der Waals surface area contributed by atoms with Crippen molar-refractivity contribution in [1.29, 1.82) is 0 Å². The number of nitrogens with one attached hydrogen (secondary N) is 1. The molecular formula is C23H23N3O4. The van der Waals surface area contributed by atoms with Gasteiger partial charge in [0.25, 0.3) is 5.91 Å². The van der Waals surface area contributed by atoms with E-state index in [0.29, 0.717) is 31.0 Å². The minimum Gasteiger partial charge on any atom is -0.497 e. The molecule has 2 aliphatic heterocycles. The van der Waals surface area contributed by atoms with Gasteiger partial charge in [-0.05, 0) is 56.2 Å². The number of anilines is 1. The number of ether oxygens (including phenoxy) is 2. The molecular weight excluding hydrogens is 382 g/mol. The Morgan fingerprint density at radius 1 is 1.17 bits per heavy atom. The summed E-state index contributed by atoms with van der Waals surface area (Å²) in [6, 6.07) is 12.7. The van der Waals surface area contributed by atoms with E-state index in [-0.39, 0.29) is 11.9 Å². The van der Waals surface area contributed by atoms with Crippen LogP contribution in [0.1, 0.15) is 25.1 Å². The van der Waals surface area contributed by atoms with Gasteiger partial charge in [-0.25, -0.2) is 9.69 Å². The lowest BCUT2D eigenvalue weighted by Crippen LogP contribution is -2.49. The number of carbonyl (C=O) groups is 2. The van der Waals surface area contributed by atoms with Crippen LogP contribution in [0.4, 0.5) is 10.5 Å². The first-order valence-electron chi connectivity index (χ1n) is 10.1. The fourth-order valence-corrected chi connectivity index (χ4v) is 4.68. The lowest BCUT2D eigenvalue weighted by molar-refractivity contribution is -0.125. The van der Waals surface area contributed by atoms with Crippen LogP contribution in [0.15, 0.2) is 42.5 Å². The molecule has 1 fully saturated rings. The summed E-state index contributed by atoms with van der Waals surface area (Å²) in [5, 5.41) is 1.03. The number of aromatic amines is 1. The molecule has 0 spiro atoms. The molecule has 1 atom stereocenters. The summed E-state index contributed by atoms with van der Waals surface area (Å²) in [5.74, 6) is 1.00. The summed E-state index contributed by atoms with van der Waals surface area (Å²) in [5.41, 5.74) is 2.13. The first-order chi connectivity index (χ1) is 14.5. The molecule has 7 nitrogen and oxygen atoms in total. The number of carbonyl (C=O) groups excluding carboxylic acids is 2. The zero-order valence-corrected chi connectivity index (χ0v) is 17.2. The number of benzene rings is 2. The van der Waals surface area contributed by atoms with Crippen molar-refractivity contribution >= 4 is 28.5 Å². The summed E-state index contributed by atoms with van der Waals surface area (Å²) in [4.78, 5) is 33.5. The standard InChI is InChI=1S/C23H23N3O4/c1-4-30-19-8-6-5-7-18(19)26-21(27)23(2)20-15(11-12-25(23)22(26)28)16-13-14(29-3)9-10-17(16)24-20/h5-10,13,24H,4,11-12H2,1-3H3/t23-/m0/s1. The largest absolute Gasteiger partial charge is 0.497 e. The highest BCUT2D eigenvalue weighted by Crippen LogP contribution is 2.46. The highest BCUT2D eigenvalue weighted by molar-refractivity contribution is 6.24. The van der Waals surface area contributed by atoms with Gasteiger partial charge in [-0.15, -0.1) is 0 Å². The number of H-pyrrole nitrogens is 1. The van der Waals surface area contributed by atoms with Gasteiger partial charge < -0.3 is 19.4 Å². The average Bonchev–Trinajstić information content (AvgIpc) is 3.22. The Hall–Kier alpha value is -3.48. The van der Waals surface area contributed by atoms with Crippen LogP contribution in [0, 0.1) is 0 Å². The maximum absolute atomic E-state index is 13.8. The third-order valence-electron chi connectivity index (χ3n) is 6.17. The van der Waals surface area contributed by atoms with Crippen molar-refractivity contribution < 1.29 is 19.1 Å². The Bertz CT molecular complexity index is 1180. The number of hydrogen-bond acceptors (Lipinski definition) is 4. The molecule has 3 aromatic rings. The van der Waals surface area contributed by atoms with Crippen molar-refractivity contribution in [3.8, 4) is 11.5 Å². The number of hydrogen-bond donors (Lipinski definition) is 1. The summed E-state index contributed by atoms with van der Waals surface area (Å²) in [6.07, 6.45) is 0.665. The number of methoxy groups -OCH3 is 1.